The molecule has 0 rings (SSSR count). The third-order valence-electron chi connectivity index (χ3n) is 1.82. The first-order valence-electron chi connectivity index (χ1n) is 4.35. The molecular weight excluding hydrogens is 200 g/mol. The van der Waals surface area contributed by atoms with Gasteiger partial charge in [0.2, 0.25) is 0 Å². The van der Waals surface area contributed by atoms with Crippen molar-refractivity contribution in [3.8, 4) is 0 Å². The fourth-order valence-corrected chi connectivity index (χ4v) is 1.06. The van der Waals surface area contributed by atoms with Gasteiger partial charge in [0.1, 0.15) is 0 Å². The van der Waals surface area contributed by atoms with Crippen molar-refractivity contribution in [2.45, 2.75) is 12.8 Å². The van der Waals surface area contributed by atoms with Crippen molar-refractivity contribution in [1.82, 2.24) is 0 Å². The molecule has 0 bridgehead atoms. The van der Waals surface area contributed by atoms with Gasteiger partial charge >= 0.3 is 5.97 Å². The zero-order chi connectivity index (χ0) is 11.5. The normalized spacial score (nSPS) is 10.7. The number of hydrogen-bond donors (Lipinski definition) is 0. The molecule has 15 heavy (non-hydrogen) atoms. The van der Waals surface area contributed by atoms with Crippen molar-refractivity contribution in [3.63, 3.8) is 0 Å². The van der Waals surface area contributed by atoms with Crippen LogP contribution in [0.4, 0.5) is 0 Å². The van der Waals surface area contributed by atoms with Crippen LogP contribution in [0.15, 0.2) is 10.2 Å². The van der Waals surface area contributed by atoms with Crippen LogP contribution in [0.25, 0.3) is 20.9 Å². The Kier molecular flexibility index (Phi) is 7.57. The van der Waals surface area contributed by atoms with Crippen LogP contribution >= 0.6 is 0 Å². The Hall–Kier alpha value is -1.91. The van der Waals surface area contributed by atoms with E-state index in [1.165, 1.54) is 7.11 Å². The van der Waals surface area contributed by atoms with Gasteiger partial charge in [-0.15, -0.1) is 0 Å². The minimum atomic E-state index is -0.383. The third kappa shape index (κ3) is 6.20. The van der Waals surface area contributed by atoms with Gasteiger partial charge in [-0.25, -0.2) is 0 Å². The van der Waals surface area contributed by atoms with Crippen LogP contribution in [0.2, 0.25) is 0 Å². The highest BCUT2D eigenvalue weighted by atomic mass is 16.5. The van der Waals surface area contributed by atoms with Gasteiger partial charge in [-0.2, -0.15) is 0 Å². The number of azide groups is 2. The Labute approximate surface area is 86.5 Å². The Morgan fingerprint density at radius 2 is 1.73 bits per heavy atom. The highest BCUT2D eigenvalue weighted by Crippen LogP contribution is 2.11. The molecule has 0 aliphatic carbocycles. The molecule has 0 radical (unpaired) electrons. The lowest BCUT2D eigenvalue weighted by molar-refractivity contribution is -0.145. The number of rotatable bonds is 7. The molecule has 0 N–H and O–H groups in total. The highest BCUT2D eigenvalue weighted by molar-refractivity contribution is 5.72. The van der Waals surface area contributed by atoms with Gasteiger partial charge in [0.25, 0.3) is 0 Å². The average molecular weight is 212 g/mol. The SMILES string of the molecule is COC(=O)C(CCN=[N+]=[N-])CCN=[N+]=[N-]. The molecule has 0 unspecified atom stereocenters. The molecule has 0 spiro atoms. The van der Waals surface area contributed by atoms with E-state index >= 15 is 0 Å². The first-order valence-corrected chi connectivity index (χ1v) is 4.35. The zero-order valence-electron chi connectivity index (χ0n) is 8.41. The van der Waals surface area contributed by atoms with E-state index in [1.807, 2.05) is 0 Å². The number of hydrogen-bond acceptors (Lipinski definition) is 4. The quantitative estimate of drug-likeness (QED) is 0.277. The summed E-state index contributed by atoms with van der Waals surface area (Å²) in [5.74, 6) is -0.762. The molecule has 0 amide bonds. The fourth-order valence-electron chi connectivity index (χ4n) is 1.06. The van der Waals surface area contributed by atoms with Crippen molar-refractivity contribution in [2.24, 2.45) is 16.1 Å². The van der Waals surface area contributed by atoms with E-state index in [0.29, 0.717) is 12.8 Å². The monoisotopic (exact) mass is 212 g/mol. The van der Waals surface area contributed by atoms with Crippen LogP contribution in [0.5, 0.6) is 0 Å². The molecule has 8 heteroatoms. The van der Waals surface area contributed by atoms with Gasteiger partial charge < -0.3 is 4.74 Å². The summed E-state index contributed by atoms with van der Waals surface area (Å²) in [6.07, 6.45) is 0.801. The molecule has 0 aromatic carbocycles. The minimum Gasteiger partial charge on any atom is -0.469 e. The second-order valence-corrected chi connectivity index (χ2v) is 2.71. The Morgan fingerprint density at radius 1 is 1.27 bits per heavy atom. The molecule has 0 saturated heterocycles. The van der Waals surface area contributed by atoms with Crippen LogP contribution in [0.3, 0.4) is 0 Å². The van der Waals surface area contributed by atoms with Gasteiger partial charge in [-0.3, -0.25) is 4.79 Å². The largest absolute Gasteiger partial charge is 0.469 e. The summed E-state index contributed by atoms with van der Waals surface area (Å²) in [6.45, 7) is 0.457. The van der Waals surface area contributed by atoms with E-state index in [4.69, 9.17) is 11.1 Å². The predicted molar refractivity (Wildman–Crippen MR) is 52.8 cm³/mol. The molecule has 0 fully saturated rings. The standard InChI is InChI=1S/C7H12N6O2/c1-15-7(14)6(2-4-10-12-8)3-5-11-13-9/h6H,2-5H2,1H3. The average Bonchev–Trinajstić information content (AvgIpc) is 2.26. The Morgan fingerprint density at radius 3 is 2.07 bits per heavy atom. The van der Waals surface area contributed by atoms with Crippen LogP contribution < -0.4 is 0 Å². The van der Waals surface area contributed by atoms with Gasteiger partial charge in [0.15, 0.2) is 0 Å². The first kappa shape index (κ1) is 13.1. The van der Waals surface area contributed by atoms with Gasteiger partial charge in [-0.1, -0.05) is 10.2 Å². The number of carbonyl (C=O) groups is 1. The minimum absolute atomic E-state index is 0.229. The molecule has 82 valence electrons. The summed E-state index contributed by atoms with van der Waals surface area (Å²) in [7, 11) is 1.29. The number of carbonyl (C=O) groups excluding carboxylic acids is 1. The van der Waals surface area contributed by atoms with Crippen molar-refractivity contribution < 1.29 is 9.53 Å². The second-order valence-electron chi connectivity index (χ2n) is 2.71. The van der Waals surface area contributed by atoms with Crippen molar-refractivity contribution >= 4 is 5.97 Å². The van der Waals surface area contributed by atoms with Crippen molar-refractivity contribution in [1.29, 1.82) is 0 Å². The van der Waals surface area contributed by atoms with Crippen LogP contribution in [-0.2, 0) is 9.53 Å². The Bertz CT molecular complexity index is 270. The van der Waals surface area contributed by atoms with Crippen LogP contribution in [0.1, 0.15) is 12.8 Å². The Balaban J connectivity index is 4.10. The van der Waals surface area contributed by atoms with E-state index in [0.717, 1.165) is 0 Å². The van der Waals surface area contributed by atoms with Crippen molar-refractivity contribution in [3.05, 3.63) is 20.9 Å². The molecule has 0 aliphatic heterocycles. The molecule has 0 atom stereocenters. The number of esters is 1. The molecule has 0 saturated carbocycles. The van der Waals surface area contributed by atoms with Crippen LogP contribution in [-0.4, -0.2) is 26.2 Å². The second kappa shape index (κ2) is 8.68. The molecule has 0 aliphatic rings. The molecule has 8 nitrogen and oxygen atoms in total. The van der Waals surface area contributed by atoms with Gasteiger partial charge in [0, 0.05) is 22.9 Å². The summed E-state index contributed by atoms with van der Waals surface area (Å²) in [6, 6.07) is 0. The fraction of sp³-hybridized carbons (Fsp3) is 0.857. The van der Waals surface area contributed by atoms with Gasteiger partial charge in [-0.05, 0) is 23.9 Å². The van der Waals surface area contributed by atoms with E-state index in [1.54, 1.807) is 0 Å². The lowest BCUT2D eigenvalue weighted by atomic mass is 10.0. The smallest absolute Gasteiger partial charge is 0.308 e. The lowest BCUT2D eigenvalue weighted by Crippen LogP contribution is -2.18. The van der Waals surface area contributed by atoms with Gasteiger partial charge in [0.05, 0.1) is 13.0 Å². The van der Waals surface area contributed by atoms with Crippen LogP contribution in [0, 0.1) is 5.92 Å². The topological polar surface area (TPSA) is 124 Å². The zero-order valence-corrected chi connectivity index (χ0v) is 8.41. The van der Waals surface area contributed by atoms with E-state index in [-0.39, 0.29) is 25.0 Å². The molecular formula is C7H12N6O2. The summed E-state index contributed by atoms with van der Waals surface area (Å²) in [5, 5.41) is 6.65. The van der Waals surface area contributed by atoms with E-state index in [2.05, 4.69) is 24.8 Å². The number of nitrogens with zero attached hydrogens (tertiary/aromatic N) is 6. The maximum atomic E-state index is 11.2. The van der Waals surface area contributed by atoms with E-state index in [9.17, 15) is 4.79 Å². The lowest BCUT2D eigenvalue weighted by Gasteiger charge is -2.11. The van der Waals surface area contributed by atoms with E-state index < -0.39 is 0 Å². The molecule has 0 heterocycles. The molecule has 0 aromatic heterocycles. The summed E-state index contributed by atoms with van der Waals surface area (Å²) in [5.41, 5.74) is 16.1. The number of ether oxygens (including phenoxy) is 1. The maximum Gasteiger partial charge on any atom is 0.308 e. The third-order valence-corrected chi connectivity index (χ3v) is 1.82. The summed E-state index contributed by atoms with van der Waals surface area (Å²) < 4.78 is 4.57. The van der Waals surface area contributed by atoms with Crippen molar-refractivity contribution in [2.75, 3.05) is 20.2 Å². The molecule has 0 aromatic rings. The maximum absolute atomic E-state index is 11.2. The number of methoxy groups -OCH3 is 1. The summed E-state index contributed by atoms with van der Waals surface area (Å²) in [4.78, 5) is 16.4. The highest BCUT2D eigenvalue weighted by Gasteiger charge is 2.17. The summed E-state index contributed by atoms with van der Waals surface area (Å²) >= 11 is 0. The predicted octanol–water partition coefficient (Wildman–Crippen LogP) is 2.18. The first-order chi connectivity index (χ1) is 7.26.